The number of quaternary nitrogens is 1. The van der Waals surface area contributed by atoms with E-state index < -0.39 is 0 Å². The van der Waals surface area contributed by atoms with Crippen molar-refractivity contribution in [1.82, 2.24) is 4.90 Å². The zero-order valence-corrected chi connectivity index (χ0v) is 30.2. The molecule has 1 atom stereocenters. The van der Waals surface area contributed by atoms with Crippen LogP contribution in [0.1, 0.15) is 80.0 Å². The van der Waals surface area contributed by atoms with Crippen LogP contribution >= 0.6 is 0 Å². The molecule has 0 radical (unpaired) electrons. The topological polar surface area (TPSA) is 63.9 Å². The van der Waals surface area contributed by atoms with Gasteiger partial charge in [-0.2, -0.15) is 0 Å². The van der Waals surface area contributed by atoms with Gasteiger partial charge in [-0.05, 0) is 61.1 Å². The van der Waals surface area contributed by atoms with Crippen LogP contribution in [0.2, 0.25) is 0 Å². The average Bonchev–Trinajstić information content (AvgIpc) is 3.10. The van der Waals surface area contributed by atoms with Gasteiger partial charge in [-0.3, -0.25) is 4.90 Å². The van der Waals surface area contributed by atoms with Crippen LogP contribution in [-0.2, 0) is 25.9 Å². The summed E-state index contributed by atoms with van der Waals surface area (Å²) in [5.41, 5.74) is 4.67. The first-order valence-electron chi connectivity index (χ1n) is 18.4. The predicted molar refractivity (Wildman–Crippen MR) is 199 cm³/mol. The number of phenolic OH excluding ortho intramolecular Hbond substituents is 2. The number of halogens is 1. The fourth-order valence-corrected chi connectivity index (χ4v) is 6.97. The van der Waals surface area contributed by atoms with Gasteiger partial charge in [0.1, 0.15) is 24.6 Å². The molecule has 266 valence electrons. The van der Waals surface area contributed by atoms with Crippen molar-refractivity contribution in [2.75, 3.05) is 39.3 Å². The first-order valence-corrected chi connectivity index (χ1v) is 18.4. The molecule has 3 N–H and O–H groups in total. The Kier molecular flexibility index (Phi) is 18.9. The van der Waals surface area contributed by atoms with Gasteiger partial charge in [0, 0.05) is 25.1 Å². The number of para-hydroxylation sites is 2. The highest BCUT2D eigenvalue weighted by molar-refractivity contribution is 5.32. The van der Waals surface area contributed by atoms with Crippen LogP contribution < -0.4 is 12.4 Å². The monoisotopic (exact) mass is 686 g/mol. The van der Waals surface area contributed by atoms with E-state index in [2.05, 4.69) is 65.6 Å². The molecule has 49 heavy (non-hydrogen) atoms. The summed E-state index contributed by atoms with van der Waals surface area (Å²) < 4.78 is 0.850. The quantitative estimate of drug-likeness (QED) is 0.0634. The molecule has 4 aromatic rings. The fourth-order valence-electron chi connectivity index (χ4n) is 6.97. The number of aliphatic hydroxyl groups excluding tert-OH is 1. The molecule has 4 rings (SSSR count). The van der Waals surface area contributed by atoms with Gasteiger partial charge < -0.3 is 32.2 Å². The van der Waals surface area contributed by atoms with Crippen molar-refractivity contribution in [2.45, 2.75) is 83.7 Å². The number of aromatic hydroxyl groups is 2. The molecule has 0 fully saturated rings. The molecule has 1 unspecified atom stereocenters. The lowest BCUT2D eigenvalue weighted by atomic mass is 10.0. The molecule has 0 aliphatic carbocycles. The van der Waals surface area contributed by atoms with E-state index in [0.717, 1.165) is 80.7 Å². The Morgan fingerprint density at radius 1 is 0.469 bits per heavy atom. The van der Waals surface area contributed by atoms with Crippen molar-refractivity contribution in [3.8, 4) is 11.5 Å². The summed E-state index contributed by atoms with van der Waals surface area (Å²) in [6.07, 6.45) is 13.0. The second kappa shape index (κ2) is 23.1. The maximum Gasteiger partial charge on any atom is 0.118 e. The van der Waals surface area contributed by atoms with Gasteiger partial charge in [0.15, 0.2) is 0 Å². The fraction of sp³-hybridized carbons (Fsp3) is 0.442. The van der Waals surface area contributed by atoms with E-state index in [1.807, 2.05) is 36.4 Å². The van der Waals surface area contributed by atoms with E-state index in [-0.39, 0.29) is 19.0 Å². The molecule has 0 heterocycles. The Morgan fingerprint density at radius 3 is 1.53 bits per heavy atom. The first-order chi connectivity index (χ1) is 23.6. The molecule has 0 aliphatic rings. The van der Waals surface area contributed by atoms with E-state index in [9.17, 15) is 15.3 Å². The molecule has 0 bridgehead atoms. The smallest absolute Gasteiger partial charge is 0.118 e. The Balaban J connectivity index is 0.00000650. The third-order valence-corrected chi connectivity index (χ3v) is 9.83. The first kappa shape index (κ1) is 40.1. The van der Waals surface area contributed by atoms with Gasteiger partial charge in [0.2, 0.25) is 0 Å². The minimum Gasteiger partial charge on any atom is -1.00 e. The predicted octanol–water partition coefficient (Wildman–Crippen LogP) is 5.91. The average molecular weight is 687 g/mol. The van der Waals surface area contributed by atoms with Crippen molar-refractivity contribution in [3.05, 3.63) is 131 Å². The molecule has 0 aliphatic heterocycles. The minimum absolute atomic E-state index is 0. The maximum absolute atomic E-state index is 10.4. The summed E-state index contributed by atoms with van der Waals surface area (Å²) in [5.74, 6) is 0.769. The van der Waals surface area contributed by atoms with Crippen LogP contribution in [-0.4, -0.2) is 64.0 Å². The largest absolute Gasteiger partial charge is 1.00 e. The molecular weight excluding hydrogens is 628 g/mol. The van der Waals surface area contributed by atoms with Crippen LogP contribution in [0.3, 0.4) is 0 Å². The van der Waals surface area contributed by atoms with Gasteiger partial charge in [0.25, 0.3) is 0 Å². The number of unbranched alkanes of at least 4 members (excludes halogenated alkanes) is 8. The summed E-state index contributed by atoms with van der Waals surface area (Å²) >= 11 is 0. The summed E-state index contributed by atoms with van der Waals surface area (Å²) in [4.78, 5) is 2.54. The lowest BCUT2D eigenvalue weighted by Crippen LogP contribution is -3.00. The summed E-state index contributed by atoms with van der Waals surface area (Å²) in [5, 5.41) is 30.7. The van der Waals surface area contributed by atoms with Gasteiger partial charge in [-0.1, -0.05) is 136 Å². The molecule has 6 heteroatoms. The Bertz CT molecular complexity index is 1420. The molecule has 0 aromatic heterocycles. The number of aliphatic hydroxyl groups is 1. The Hall–Kier alpha value is -3.35. The highest BCUT2D eigenvalue weighted by Gasteiger charge is 2.27. The normalized spacial score (nSPS) is 12.4. The third-order valence-electron chi connectivity index (χ3n) is 9.83. The number of nitrogens with zero attached hydrogens (tertiary/aromatic N) is 2. The van der Waals surface area contributed by atoms with E-state index in [1.165, 1.54) is 62.5 Å². The molecule has 0 saturated heterocycles. The molecule has 5 nitrogen and oxygen atoms in total. The number of rotatable bonds is 24. The van der Waals surface area contributed by atoms with Crippen molar-refractivity contribution in [2.24, 2.45) is 0 Å². The molecule has 0 spiro atoms. The second-order valence-electron chi connectivity index (χ2n) is 13.6. The zero-order chi connectivity index (χ0) is 33.7. The molecule has 0 saturated carbocycles. The summed E-state index contributed by atoms with van der Waals surface area (Å²) in [7, 11) is 0. The number of phenols is 2. The lowest BCUT2D eigenvalue weighted by molar-refractivity contribution is -0.941. The van der Waals surface area contributed by atoms with Gasteiger partial charge in [0.05, 0.1) is 19.7 Å². The summed E-state index contributed by atoms with van der Waals surface area (Å²) in [6.45, 7) is 6.76. The van der Waals surface area contributed by atoms with Crippen LogP contribution in [0.5, 0.6) is 11.5 Å². The minimum atomic E-state index is 0. The Morgan fingerprint density at radius 2 is 0.959 bits per heavy atom. The van der Waals surface area contributed by atoms with E-state index in [1.54, 1.807) is 12.1 Å². The lowest BCUT2D eigenvalue weighted by Gasteiger charge is -2.39. The summed E-state index contributed by atoms with van der Waals surface area (Å²) in [6, 6.07) is 36.8. The Labute approximate surface area is 302 Å². The number of benzene rings is 4. The second-order valence-corrected chi connectivity index (χ2v) is 13.6. The van der Waals surface area contributed by atoms with Crippen LogP contribution in [0, 0.1) is 0 Å². The molecular formula is C43H59ClN2O3. The van der Waals surface area contributed by atoms with Crippen molar-refractivity contribution >= 4 is 0 Å². The van der Waals surface area contributed by atoms with Crippen LogP contribution in [0.4, 0.5) is 0 Å². The molecule has 4 aromatic carbocycles. The zero-order valence-electron chi connectivity index (χ0n) is 29.4. The van der Waals surface area contributed by atoms with E-state index in [4.69, 9.17) is 0 Å². The van der Waals surface area contributed by atoms with Gasteiger partial charge in [-0.15, -0.1) is 0 Å². The van der Waals surface area contributed by atoms with E-state index >= 15 is 0 Å². The maximum atomic E-state index is 10.4. The highest BCUT2D eigenvalue weighted by atomic mass is 35.5. The van der Waals surface area contributed by atoms with Crippen molar-refractivity contribution in [3.63, 3.8) is 0 Å². The van der Waals surface area contributed by atoms with Crippen molar-refractivity contribution < 1.29 is 32.2 Å². The number of hydrogen-bond donors (Lipinski definition) is 3. The number of hydrogen-bond acceptors (Lipinski definition) is 4. The van der Waals surface area contributed by atoms with Gasteiger partial charge in [-0.25, -0.2) is 0 Å². The van der Waals surface area contributed by atoms with Gasteiger partial charge >= 0.3 is 0 Å². The highest BCUT2D eigenvalue weighted by Crippen LogP contribution is 2.23. The molecule has 0 amide bonds. The SMILES string of the molecule is OCC[N+](CCCCCCCCCCCN(CCc1ccccc1O)Cc1ccccc1)(CCc1ccccc1O)Cc1ccccc1.[Cl-]. The van der Waals surface area contributed by atoms with Crippen LogP contribution in [0.15, 0.2) is 109 Å². The van der Waals surface area contributed by atoms with Crippen molar-refractivity contribution in [1.29, 1.82) is 0 Å². The van der Waals surface area contributed by atoms with Crippen LogP contribution in [0.25, 0.3) is 0 Å². The van der Waals surface area contributed by atoms with E-state index in [0.29, 0.717) is 11.5 Å². The third kappa shape index (κ3) is 15.0. The standard InChI is InChI=1S/C43H58N2O3.ClH/c46-35-34-45(37-39-22-12-9-13-23-39,33-29-41-25-15-17-27-43(41)48)32-19-7-5-3-1-2-4-6-18-30-44(36-38-20-10-8-11-21-38)31-28-40-24-14-16-26-42(40)47;/h8-17,20-27,46H,1-7,18-19,28-37H2,(H-,47,48);1H.